The number of methoxy groups -OCH3 is 1. The Labute approximate surface area is 125 Å². The van der Waals surface area contributed by atoms with Crippen molar-refractivity contribution in [1.29, 1.82) is 0 Å². The molecule has 0 spiro atoms. The van der Waals surface area contributed by atoms with Gasteiger partial charge in [0.2, 0.25) is 5.91 Å². The van der Waals surface area contributed by atoms with Crippen LogP contribution in [0.25, 0.3) is 0 Å². The maximum absolute atomic E-state index is 11.7. The second kappa shape index (κ2) is 9.12. The van der Waals surface area contributed by atoms with E-state index in [9.17, 15) is 4.79 Å². The van der Waals surface area contributed by atoms with Gasteiger partial charge in [0.15, 0.2) is 0 Å². The van der Waals surface area contributed by atoms with Crippen molar-refractivity contribution in [3.63, 3.8) is 0 Å². The smallest absolute Gasteiger partial charge is 0.239 e. The lowest BCUT2D eigenvalue weighted by Gasteiger charge is -2.14. The summed E-state index contributed by atoms with van der Waals surface area (Å²) < 4.78 is 4.88. The summed E-state index contributed by atoms with van der Waals surface area (Å²) in [6.07, 6.45) is 1.02. The van der Waals surface area contributed by atoms with Crippen LogP contribution in [-0.2, 0) is 9.53 Å². The van der Waals surface area contributed by atoms with E-state index < -0.39 is 0 Å². The van der Waals surface area contributed by atoms with Crippen molar-refractivity contribution in [3.8, 4) is 0 Å². The van der Waals surface area contributed by atoms with Crippen molar-refractivity contribution in [2.75, 3.05) is 44.0 Å². The lowest BCUT2D eigenvalue weighted by atomic mass is 10.3. The molecule has 1 rings (SSSR count). The average molecular weight is 295 g/mol. The predicted octanol–water partition coefficient (Wildman–Crippen LogP) is 1.09. The van der Waals surface area contributed by atoms with E-state index in [1.165, 1.54) is 0 Å². The van der Waals surface area contributed by atoms with Gasteiger partial charge in [-0.2, -0.15) is 0 Å². The fraction of sp³-hybridized carbons (Fsp3) is 0.643. The molecule has 0 bridgehead atoms. The van der Waals surface area contributed by atoms with Crippen LogP contribution in [0.4, 0.5) is 11.6 Å². The van der Waals surface area contributed by atoms with Crippen molar-refractivity contribution in [2.24, 2.45) is 0 Å². The molecule has 3 N–H and O–H groups in total. The molecule has 118 valence electrons. The summed E-state index contributed by atoms with van der Waals surface area (Å²) in [4.78, 5) is 20.4. The normalized spacial score (nSPS) is 10.3. The highest BCUT2D eigenvalue weighted by Gasteiger charge is 2.10. The van der Waals surface area contributed by atoms with E-state index in [1.807, 2.05) is 13.8 Å². The Hall–Kier alpha value is -1.89. The number of aromatic nitrogens is 2. The number of carbonyl (C=O) groups excluding carboxylic acids is 1. The molecule has 1 aromatic heterocycles. The van der Waals surface area contributed by atoms with Gasteiger partial charge in [0.1, 0.15) is 17.5 Å². The van der Waals surface area contributed by atoms with Gasteiger partial charge >= 0.3 is 0 Å². The van der Waals surface area contributed by atoms with E-state index >= 15 is 0 Å². The molecule has 7 nitrogen and oxygen atoms in total. The third kappa shape index (κ3) is 5.95. The number of nitrogens with zero attached hydrogens (tertiary/aromatic N) is 2. The number of aryl methyl sites for hydroxylation is 1. The number of ether oxygens (including phenoxy) is 1. The molecular formula is C14H25N5O2. The van der Waals surface area contributed by atoms with Crippen LogP contribution in [-0.4, -0.2) is 49.2 Å². The van der Waals surface area contributed by atoms with Gasteiger partial charge in [0.05, 0.1) is 13.2 Å². The maximum Gasteiger partial charge on any atom is 0.239 e. The molecule has 0 aliphatic heterocycles. The topological polar surface area (TPSA) is 88.2 Å². The van der Waals surface area contributed by atoms with E-state index in [-0.39, 0.29) is 12.5 Å². The Morgan fingerprint density at radius 2 is 1.81 bits per heavy atom. The largest absolute Gasteiger partial charge is 0.383 e. The summed E-state index contributed by atoms with van der Waals surface area (Å²) in [6, 6.07) is 0. The Kier molecular flexibility index (Phi) is 7.45. The number of hydrogen-bond acceptors (Lipinski definition) is 6. The number of amides is 1. The van der Waals surface area contributed by atoms with E-state index in [4.69, 9.17) is 4.74 Å². The van der Waals surface area contributed by atoms with Crippen LogP contribution in [0.1, 0.15) is 24.7 Å². The van der Waals surface area contributed by atoms with Gasteiger partial charge in [-0.3, -0.25) is 4.79 Å². The Morgan fingerprint density at radius 1 is 1.14 bits per heavy atom. The number of carbonyl (C=O) groups is 1. The fourth-order valence-electron chi connectivity index (χ4n) is 1.74. The van der Waals surface area contributed by atoms with E-state index in [2.05, 4.69) is 32.8 Å². The molecule has 0 aromatic carbocycles. The molecule has 0 aliphatic rings. The second-order valence-corrected chi connectivity index (χ2v) is 4.72. The molecular weight excluding hydrogens is 270 g/mol. The summed E-state index contributed by atoms with van der Waals surface area (Å²) in [5.41, 5.74) is 0.916. The molecule has 0 saturated carbocycles. The molecule has 0 fully saturated rings. The highest BCUT2D eigenvalue weighted by molar-refractivity contribution is 5.80. The zero-order chi connectivity index (χ0) is 15.7. The third-order valence-electron chi connectivity index (χ3n) is 2.84. The third-order valence-corrected chi connectivity index (χ3v) is 2.84. The standard InChI is InChI=1S/C14H25N5O2/c1-5-6-16-13-10(2)14(19-11(3)18-13)17-9-12(20)15-7-8-21-4/h5-9H2,1-4H3,(H,15,20)(H2,16,17,18,19). The van der Waals surface area contributed by atoms with Crippen LogP contribution < -0.4 is 16.0 Å². The van der Waals surface area contributed by atoms with Gasteiger partial charge in [-0.1, -0.05) is 6.92 Å². The van der Waals surface area contributed by atoms with E-state index in [0.717, 1.165) is 24.3 Å². The first-order valence-corrected chi connectivity index (χ1v) is 7.17. The van der Waals surface area contributed by atoms with Gasteiger partial charge in [0.25, 0.3) is 0 Å². The molecule has 0 aliphatic carbocycles. The minimum Gasteiger partial charge on any atom is -0.383 e. The molecule has 0 unspecified atom stereocenters. The summed E-state index contributed by atoms with van der Waals surface area (Å²) in [5.74, 6) is 2.07. The molecule has 21 heavy (non-hydrogen) atoms. The number of anilines is 2. The maximum atomic E-state index is 11.7. The zero-order valence-corrected chi connectivity index (χ0v) is 13.2. The lowest BCUT2D eigenvalue weighted by Crippen LogP contribution is -2.32. The first-order chi connectivity index (χ1) is 10.1. The van der Waals surface area contributed by atoms with Gasteiger partial charge in [-0.15, -0.1) is 0 Å². The Balaban J connectivity index is 2.61. The summed E-state index contributed by atoms with van der Waals surface area (Å²) >= 11 is 0. The number of nitrogens with one attached hydrogen (secondary N) is 3. The molecule has 0 radical (unpaired) electrons. The van der Waals surface area contributed by atoms with E-state index in [1.54, 1.807) is 7.11 Å². The van der Waals surface area contributed by atoms with Crippen LogP contribution in [0, 0.1) is 13.8 Å². The first kappa shape index (κ1) is 17.2. The molecule has 1 aromatic rings. The molecule has 7 heteroatoms. The Morgan fingerprint density at radius 3 is 2.43 bits per heavy atom. The van der Waals surface area contributed by atoms with Crippen molar-refractivity contribution < 1.29 is 9.53 Å². The van der Waals surface area contributed by atoms with Gasteiger partial charge in [0, 0.05) is 25.8 Å². The highest BCUT2D eigenvalue weighted by Crippen LogP contribution is 2.19. The average Bonchev–Trinajstić information content (AvgIpc) is 2.46. The fourth-order valence-corrected chi connectivity index (χ4v) is 1.74. The van der Waals surface area contributed by atoms with Gasteiger partial charge in [-0.25, -0.2) is 9.97 Å². The van der Waals surface area contributed by atoms with Gasteiger partial charge < -0.3 is 20.7 Å². The molecule has 0 saturated heterocycles. The lowest BCUT2D eigenvalue weighted by molar-refractivity contribution is -0.119. The minimum absolute atomic E-state index is 0.0919. The van der Waals surface area contributed by atoms with Crippen LogP contribution >= 0.6 is 0 Å². The van der Waals surface area contributed by atoms with Gasteiger partial charge in [-0.05, 0) is 20.3 Å². The molecule has 1 heterocycles. The number of hydrogen-bond donors (Lipinski definition) is 3. The predicted molar refractivity (Wildman–Crippen MR) is 83.7 cm³/mol. The van der Waals surface area contributed by atoms with Crippen molar-refractivity contribution in [1.82, 2.24) is 15.3 Å². The van der Waals surface area contributed by atoms with Crippen LogP contribution in [0.3, 0.4) is 0 Å². The number of rotatable bonds is 9. The zero-order valence-electron chi connectivity index (χ0n) is 13.2. The minimum atomic E-state index is -0.0919. The monoisotopic (exact) mass is 295 g/mol. The van der Waals surface area contributed by atoms with Crippen molar-refractivity contribution in [3.05, 3.63) is 11.4 Å². The first-order valence-electron chi connectivity index (χ1n) is 7.17. The van der Waals surface area contributed by atoms with Crippen molar-refractivity contribution >= 4 is 17.5 Å². The summed E-state index contributed by atoms with van der Waals surface area (Å²) in [6.45, 7) is 7.90. The van der Waals surface area contributed by atoms with Crippen LogP contribution in [0.2, 0.25) is 0 Å². The summed E-state index contributed by atoms with van der Waals surface area (Å²) in [5, 5.41) is 9.07. The molecule has 0 atom stereocenters. The Bertz CT molecular complexity index is 465. The summed E-state index contributed by atoms with van der Waals surface area (Å²) in [7, 11) is 1.60. The molecule has 1 amide bonds. The quantitative estimate of drug-likeness (QED) is 0.591. The van der Waals surface area contributed by atoms with Crippen molar-refractivity contribution in [2.45, 2.75) is 27.2 Å². The van der Waals surface area contributed by atoms with E-state index in [0.29, 0.717) is 24.8 Å². The van der Waals surface area contributed by atoms with Crippen LogP contribution in [0.15, 0.2) is 0 Å². The highest BCUT2D eigenvalue weighted by atomic mass is 16.5. The van der Waals surface area contributed by atoms with Crippen LogP contribution in [0.5, 0.6) is 0 Å². The second-order valence-electron chi connectivity index (χ2n) is 4.72. The SMILES string of the molecule is CCCNc1nc(C)nc(NCC(=O)NCCOC)c1C.